The van der Waals surface area contributed by atoms with E-state index in [1.165, 1.54) is 12.8 Å². The molecule has 0 radical (unpaired) electrons. The summed E-state index contributed by atoms with van der Waals surface area (Å²) >= 11 is 0. The van der Waals surface area contributed by atoms with Crippen molar-refractivity contribution in [2.75, 3.05) is 0 Å². The van der Waals surface area contributed by atoms with Crippen LogP contribution < -0.4 is 0 Å². The number of fused-ring (bicyclic) bond motifs is 1. The molecule has 0 fully saturated rings. The minimum Gasteiger partial charge on any atom is -0.264 e. The van der Waals surface area contributed by atoms with Crippen molar-refractivity contribution in [1.29, 1.82) is 0 Å². The molecule has 3 rings (SSSR count). The Balaban J connectivity index is 2.05. The highest BCUT2D eigenvalue weighted by Gasteiger charge is 2.20. The van der Waals surface area contributed by atoms with E-state index >= 15 is 0 Å². The van der Waals surface area contributed by atoms with Gasteiger partial charge in [0.05, 0.1) is 0 Å². The predicted octanol–water partition coefficient (Wildman–Crippen LogP) is 2.24. The van der Waals surface area contributed by atoms with Crippen LogP contribution in [0.3, 0.4) is 0 Å². The summed E-state index contributed by atoms with van der Waals surface area (Å²) in [7, 11) is 0. The van der Waals surface area contributed by atoms with E-state index in [1.807, 2.05) is 23.0 Å². The van der Waals surface area contributed by atoms with Gasteiger partial charge >= 0.3 is 0 Å². The molecule has 1 unspecified atom stereocenters. The van der Waals surface area contributed by atoms with Crippen LogP contribution in [0.1, 0.15) is 31.5 Å². The van der Waals surface area contributed by atoms with Crippen LogP contribution in [0.15, 0.2) is 24.5 Å². The maximum Gasteiger partial charge on any atom is 0.182 e. The van der Waals surface area contributed by atoms with Crippen molar-refractivity contribution < 1.29 is 0 Å². The first-order chi connectivity index (χ1) is 7.84. The summed E-state index contributed by atoms with van der Waals surface area (Å²) in [5, 5.41) is 4.54. The standard InChI is InChI=1S/C12H14N4/c1-9-4-3-7-16-12(9)14-11(15-16)10-5-2-6-13-8-10/h2,5-6,8-9H,3-4,7H2,1H3. The molecule has 0 amide bonds. The van der Waals surface area contributed by atoms with Crippen molar-refractivity contribution in [3.8, 4) is 11.4 Å². The topological polar surface area (TPSA) is 43.6 Å². The lowest BCUT2D eigenvalue weighted by atomic mass is 10.0. The van der Waals surface area contributed by atoms with Crippen LogP contribution in [-0.2, 0) is 6.54 Å². The molecule has 0 aliphatic carbocycles. The number of hydrogen-bond donors (Lipinski definition) is 0. The molecule has 0 saturated carbocycles. The lowest BCUT2D eigenvalue weighted by Gasteiger charge is -2.17. The van der Waals surface area contributed by atoms with Gasteiger partial charge in [-0.3, -0.25) is 4.98 Å². The molecule has 0 aromatic carbocycles. The van der Waals surface area contributed by atoms with Gasteiger partial charge in [-0.2, -0.15) is 5.10 Å². The SMILES string of the molecule is CC1CCCn2nc(-c3cccnc3)nc21. The van der Waals surface area contributed by atoms with Gasteiger partial charge in [-0.15, -0.1) is 0 Å². The van der Waals surface area contributed by atoms with E-state index in [0.29, 0.717) is 5.92 Å². The van der Waals surface area contributed by atoms with Crippen molar-refractivity contribution in [1.82, 2.24) is 19.7 Å². The average Bonchev–Trinajstić information content (AvgIpc) is 2.76. The number of pyridine rings is 1. The second kappa shape index (κ2) is 3.70. The van der Waals surface area contributed by atoms with Crippen LogP contribution in [0.4, 0.5) is 0 Å². The molecule has 4 nitrogen and oxygen atoms in total. The summed E-state index contributed by atoms with van der Waals surface area (Å²) in [6.45, 7) is 3.21. The first-order valence-corrected chi connectivity index (χ1v) is 5.70. The maximum atomic E-state index is 4.61. The zero-order chi connectivity index (χ0) is 11.0. The third-order valence-electron chi connectivity index (χ3n) is 3.07. The summed E-state index contributed by atoms with van der Waals surface area (Å²) in [5.41, 5.74) is 0.997. The number of aryl methyl sites for hydroxylation is 1. The minimum absolute atomic E-state index is 0.520. The van der Waals surface area contributed by atoms with Crippen molar-refractivity contribution in [2.45, 2.75) is 32.2 Å². The molecule has 16 heavy (non-hydrogen) atoms. The van der Waals surface area contributed by atoms with Crippen molar-refractivity contribution in [3.63, 3.8) is 0 Å². The Morgan fingerprint density at radius 3 is 3.12 bits per heavy atom. The van der Waals surface area contributed by atoms with Gasteiger partial charge in [-0.1, -0.05) is 6.92 Å². The first kappa shape index (κ1) is 9.51. The Morgan fingerprint density at radius 1 is 1.44 bits per heavy atom. The number of rotatable bonds is 1. The third-order valence-corrected chi connectivity index (χ3v) is 3.07. The van der Waals surface area contributed by atoms with E-state index in [0.717, 1.165) is 23.8 Å². The zero-order valence-electron chi connectivity index (χ0n) is 9.30. The molecule has 0 spiro atoms. The van der Waals surface area contributed by atoms with Crippen molar-refractivity contribution >= 4 is 0 Å². The summed E-state index contributed by atoms with van der Waals surface area (Å²) in [6, 6.07) is 3.91. The van der Waals surface area contributed by atoms with Gasteiger partial charge in [0.1, 0.15) is 5.82 Å². The van der Waals surface area contributed by atoms with Gasteiger partial charge in [0.2, 0.25) is 0 Å². The normalized spacial score (nSPS) is 19.4. The molecular formula is C12H14N4. The van der Waals surface area contributed by atoms with Gasteiger partial charge in [-0.05, 0) is 25.0 Å². The fourth-order valence-electron chi connectivity index (χ4n) is 2.18. The quantitative estimate of drug-likeness (QED) is 0.731. The molecule has 82 valence electrons. The molecular weight excluding hydrogens is 200 g/mol. The highest BCUT2D eigenvalue weighted by Crippen LogP contribution is 2.26. The second-order valence-electron chi connectivity index (χ2n) is 4.30. The van der Waals surface area contributed by atoms with Crippen LogP contribution in [0.2, 0.25) is 0 Å². The molecule has 1 aliphatic heterocycles. The molecule has 0 saturated heterocycles. The predicted molar refractivity (Wildman–Crippen MR) is 60.9 cm³/mol. The highest BCUT2D eigenvalue weighted by molar-refractivity contribution is 5.52. The van der Waals surface area contributed by atoms with Gasteiger partial charge in [0.25, 0.3) is 0 Å². The monoisotopic (exact) mass is 214 g/mol. The second-order valence-corrected chi connectivity index (χ2v) is 4.30. The highest BCUT2D eigenvalue weighted by atomic mass is 15.4. The molecule has 2 aromatic rings. The molecule has 4 heteroatoms. The zero-order valence-corrected chi connectivity index (χ0v) is 9.30. The summed E-state index contributed by atoms with van der Waals surface area (Å²) in [6.07, 6.45) is 5.99. The smallest absolute Gasteiger partial charge is 0.182 e. The number of nitrogens with zero attached hydrogens (tertiary/aromatic N) is 4. The Bertz CT molecular complexity index is 489. The summed E-state index contributed by atoms with van der Waals surface area (Å²) < 4.78 is 2.04. The van der Waals surface area contributed by atoms with Crippen LogP contribution in [-0.4, -0.2) is 19.7 Å². The number of aromatic nitrogens is 4. The van der Waals surface area contributed by atoms with E-state index in [9.17, 15) is 0 Å². The average molecular weight is 214 g/mol. The first-order valence-electron chi connectivity index (χ1n) is 5.70. The molecule has 1 aliphatic rings. The van der Waals surface area contributed by atoms with E-state index in [-0.39, 0.29) is 0 Å². The third kappa shape index (κ3) is 1.50. The molecule has 0 N–H and O–H groups in total. The molecule has 3 heterocycles. The van der Waals surface area contributed by atoms with Gasteiger partial charge in [0, 0.05) is 30.4 Å². The molecule has 2 aromatic heterocycles. The molecule has 0 bridgehead atoms. The summed E-state index contributed by atoms with van der Waals surface area (Å²) in [5.74, 6) is 2.44. The fraction of sp³-hybridized carbons (Fsp3) is 0.417. The maximum absolute atomic E-state index is 4.61. The van der Waals surface area contributed by atoms with Crippen molar-refractivity contribution in [3.05, 3.63) is 30.4 Å². The lowest BCUT2D eigenvalue weighted by molar-refractivity contribution is 0.432. The van der Waals surface area contributed by atoms with Gasteiger partial charge in [0.15, 0.2) is 5.82 Å². The van der Waals surface area contributed by atoms with Gasteiger partial charge in [-0.25, -0.2) is 9.67 Å². The fourth-order valence-corrected chi connectivity index (χ4v) is 2.18. The van der Waals surface area contributed by atoms with Gasteiger partial charge < -0.3 is 0 Å². The Labute approximate surface area is 94.4 Å². The van der Waals surface area contributed by atoms with Crippen molar-refractivity contribution in [2.24, 2.45) is 0 Å². The van der Waals surface area contributed by atoms with E-state index < -0.39 is 0 Å². The van der Waals surface area contributed by atoms with Crippen LogP contribution in [0, 0.1) is 0 Å². The summed E-state index contributed by atoms with van der Waals surface area (Å²) in [4.78, 5) is 8.71. The Hall–Kier alpha value is -1.71. The van der Waals surface area contributed by atoms with Crippen LogP contribution in [0.25, 0.3) is 11.4 Å². The Kier molecular flexibility index (Phi) is 2.20. The van der Waals surface area contributed by atoms with E-state index in [2.05, 4.69) is 22.0 Å². The largest absolute Gasteiger partial charge is 0.264 e. The van der Waals surface area contributed by atoms with E-state index in [1.54, 1.807) is 6.20 Å². The van der Waals surface area contributed by atoms with E-state index in [4.69, 9.17) is 0 Å². The minimum atomic E-state index is 0.520. The van der Waals surface area contributed by atoms with Crippen LogP contribution in [0.5, 0.6) is 0 Å². The number of hydrogen-bond acceptors (Lipinski definition) is 3. The molecule has 1 atom stereocenters. The Morgan fingerprint density at radius 2 is 2.38 bits per heavy atom. The van der Waals surface area contributed by atoms with Crippen LogP contribution >= 0.6 is 0 Å². The lowest BCUT2D eigenvalue weighted by Crippen LogP contribution is -2.14.